The summed E-state index contributed by atoms with van der Waals surface area (Å²) in [6, 6.07) is 6.56. The average Bonchev–Trinajstić information content (AvgIpc) is 3.08. The zero-order valence-corrected chi connectivity index (χ0v) is 11.9. The van der Waals surface area contributed by atoms with Gasteiger partial charge in [0.25, 0.3) is 0 Å². The first-order chi connectivity index (χ1) is 8.75. The Morgan fingerprint density at radius 3 is 2.94 bits per heavy atom. The number of furan rings is 1. The number of hydrogen-bond acceptors (Lipinski definition) is 3. The minimum absolute atomic E-state index is 0.598. The average molecular weight is 307 g/mol. The van der Waals surface area contributed by atoms with Gasteiger partial charge < -0.3 is 9.32 Å². The molecule has 2 aromatic rings. The monoisotopic (exact) mass is 306 g/mol. The molecule has 3 nitrogen and oxygen atoms in total. The molecule has 0 saturated heterocycles. The minimum atomic E-state index is 0.598. The normalized spacial score (nSPS) is 14.8. The topological polar surface area (TPSA) is 29.3 Å². The largest absolute Gasteiger partial charge is 0.467 e. The Balaban J connectivity index is 1.91. The predicted molar refractivity (Wildman–Crippen MR) is 74.6 cm³/mol. The molecule has 94 valence electrons. The van der Waals surface area contributed by atoms with Crippen LogP contribution in [-0.4, -0.2) is 11.0 Å². The molecule has 0 aliphatic heterocycles. The Morgan fingerprint density at radius 1 is 1.44 bits per heavy atom. The van der Waals surface area contributed by atoms with E-state index in [4.69, 9.17) is 4.42 Å². The molecular formula is C14H15BrN2O. The van der Waals surface area contributed by atoms with Crippen LogP contribution in [0.25, 0.3) is 0 Å². The van der Waals surface area contributed by atoms with Crippen molar-refractivity contribution < 1.29 is 4.42 Å². The van der Waals surface area contributed by atoms with Gasteiger partial charge in [0.2, 0.25) is 0 Å². The summed E-state index contributed by atoms with van der Waals surface area (Å²) >= 11 is 3.65. The van der Waals surface area contributed by atoms with Crippen LogP contribution in [0.15, 0.2) is 39.5 Å². The van der Waals surface area contributed by atoms with Crippen LogP contribution in [0.4, 0.5) is 5.82 Å². The maximum atomic E-state index is 5.45. The van der Waals surface area contributed by atoms with E-state index in [2.05, 4.69) is 32.7 Å². The SMILES string of the molecule is Cc1ccnc(N(Cc2ccco2)C2CC2)c1Br. The Hall–Kier alpha value is -1.29. The number of halogens is 1. The minimum Gasteiger partial charge on any atom is -0.467 e. The van der Waals surface area contributed by atoms with E-state index in [0.29, 0.717) is 6.04 Å². The Labute approximate surface area is 115 Å². The van der Waals surface area contributed by atoms with Crippen LogP contribution < -0.4 is 4.90 Å². The van der Waals surface area contributed by atoms with Crippen LogP contribution in [0.1, 0.15) is 24.2 Å². The molecule has 0 bridgehead atoms. The van der Waals surface area contributed by atoms with Gasteiger partial charge in [-0.2, -0.15) is 0 Å². The number of nitrogens with zero attached hydrogens (tertiary/aromatic N) is 2. The summed E-state index contributed by atoms with van der Waals surface area (Å²) in [7, 11) is 0. The van der Waals surface area contributed by atoms with E-state index < -0.39 is 0 Å². The second-order valence-electron chi connectivity index (χ2n) is 4.70. The van der Waals surface area contributed by atoms with Gasteiger partial charge in [-0.15, -0.1) is 0 Å². The number of hydrogen-bond donors (Lipinski definition) is 0. The molecule has 2 aromatic heterocycles. The first-order valence-electron chi connectivity index (χ1n) is 6.16. The summed E-state index contributed by atoms with van der Waals surface area (Å²) in [5, 5.41) is 0. The van der Waals surface area contributed by atoms with Crippen molar-refractivity contribution >= 4 is 21.7 Å². The molecule has 0 unspecified atom stereocenters. The lowest BCUT2D eigenvalue weighted by molar-refractivity contribution is 0.500. The molecule has 1 fully saturated rings. The Bertz CT molecular complexity index is 535. The second kappa shape index (κ2) is 4.76. The second-order valence-corrected chi connectivity index (χ2v) is 5.50. The summed E-state index contributed by atoms with van der Waals surface area (Å²) in [4.78, 5) is 6.85. The lowest BCUT2D eigenvalue weighted by Gasteiger charge is -2.24. The van der Waals surface area contributed by atoms with Crippen molar-refractivity contribution in [1.29, 1.82) is 0 Å². The first-order valence-corrected chi connectivity index (χ1v) is 6.95. The van der Waals surface area contributed by atoms with Crippen molar-refractivity contribution in [3.05, 3.63) is 46.5 Å². The molecule has 4 heteroatoms. The lowest BCUT2D eigenvalue weighted by atomic mass is 10.2. The first kappa shape index (κ1) is 11.8. The van der Waals surface area contributed by atoms with Gasteiger partial charge in [-0.05, 0) is 59.5 Å². The van der Waals surface area contributed by atoms with Crippen LogP contribution in [-0.2, 0) is 6.54 Å². The fourth-order valence-electron chi connectivity index (χ4n) is 2.06. The zero-order valence-electron chi connectivity index (χ0n) is 10.3. The molecule has 0 spiro atoms. The van der Waals surface area contributed by atoms with Gasteiger partial charge in [-0.25, -0.2) is 4.98 Å². The number of anilines is 1. The van der Waals surface area contributed by atoms with E-state index in [1.807, 2.05) is 24.4 Å². The third-order valence-electron chi connectivity index (χ3n) is 3.23. The highest BCUT2D eigenvalue weighted by molar-refractivity contribution is 9.10. The van der Waals surface area contributed by atoms with Gasteiger partial charge in [0, 0.05) is 12.2 Å². The van der Waals surface area contributed by atoms with Crippen LogP contribution >= 0.6 is 15.9 Å². The van der Waals surface area contributed by atoms with Crippen molar-refractivity contribution in [2.24, 2.45) is 0 Å². The summed E-state index contributed by atoms with van der Waals surface area (Å²) < 4.78 is 6.54. The van der Waals surface area contributed by atoms with Crippen molar-refractivity contribution in [1.82, 2.24) is 4.98 Å². The van der Waals surface area contributed by atoms with Gasteiger partial charge >= 0.3 is 0 Å². The van der Waals surface area contributed by atoms with E-state index >= 15 is 0 Å². The highest BCUT2D eigenvalue weighted by Gasteiger charge is 2.31. The molecule has 0 atom stereocenters. The smallest absolute Gasteiger partial charge is 0.143 e. The van der Waals surface area contributed by atoms with Crippen molar-refractivity contribution in [3.63, 3.8) is 0 Å². The van der Waals surface area contributed by atoms with Crippen molar-refractivity contribution in [2.75, 3.05) is 4.90 Å². The fraction of sp³-hybridized carbons (Fsp3) is 0.357. The maximum Gasteiger partial charge on any atom is 0.143 e. The molecule has 1 saturated carbocycles. The predicted octanol–water partition coefficient (Wildman–Crippen LogP) is 3.91. The molecule has 3 rings (SSSR count). The third kappa shape index (κ3) is 2.29. The lowest BCUT2D eigenvalue weighted by Crippen LogP contribution is -2.26. The zero-order chi connectivity index (χ0) is 12.5. The van der Waals surface area contributed by atoms with Crippen molar-refractivity contribution in [3.8, 4) is 0 Å². The summed E-state index contributed by atoms with van der Waals surface area (Å²) in [6.45, 7) is 2.87. The van der Waals surface area contributed by atoms with E-state index in [1.54, 1.807) is 6.26 Å². The molecule has 0 N–H and O–H groups in total. The summed E-state index contributed by atoms with van der Waals surface area (Å²) in [5.41, 5.74) is 1.21. The fourth-order valence-corrected chi connectivity index (χ4v) is 2.52. The van der Waals surface area contributed by atoms with Gasteiger partial charge in [0.05, 0.1) is 17.3 Å². The highest BCUT2D eigenvalue weighted by Crippen LogP contribution is 2.36. The molecule has 1 aliphatic rings. The maximum absolute atomic E-state index is 5.45. The third-order valence-corrected chi connectivity index (χ3v) is 4.21. The van der Waals surface area contributed by atoms with Gasteiger partial charge in [0.15, 0.2) is 0 Å². The summed E-state index contributed by atoms with van der Waals surface area (Å²) in [5.74, 6) is 2.01. The van der Waals surface area contributed by atoms with Crippen molar-refractivity contribution in [2.45, 2.75) is 32.4 Å². The Kier molecular flexibility index (Phi) is 3.12. The number of rotatable bonds is 4. The summed E-state index contributed by atoms with van der Waals surface area (Å²) in [6.07, 6.45) is 6.07. The van der Waals surface area contributed by atoms with Crippen LogP contribution in [0, 0.1) is 6.92 Å². The van der Waals surface area contributed by atoms with E-state index in [0.717, 1.165) is 22.6 Å². The number of aromatic nitrogens is 1. The standard InChI is InChI=1S/C14H15BrN2O/c1-10-6-7-16-14(13(10)15)17(11-4-5-11)9-12-3-2-8-18-12/h2-3,6-8,11H,4-5,9H2,1H3. The van der Waals surface area contributed by atoms with E-state index in [9.17, 15) is 0 Å². The van der Waals surface area contributed by atoms with Gasteiger partial charge in [-0.3, -0.25) is 0 Å². The van der Waals surface area contributed by atoms with Gasteiger partial charge in [0.1, 0.15) is 11.6 Å². The molecule has 0 radical (unpaired) electrons. The van der Waals surface area contributed by atoms with Gasteiger partial charge in [-0.1, -0.05) is 0 Å². The van der Waals surface area contributed by atoms with E-state index in [-0.39, 0.29) is 0 Å². The molecular weight excluding hydrogens is 292 g/mol. The molecule has 0 amide bonds. The number of pyridine rings is 1. The number of aryl methyl sites for hydroxylation is 1. The van der Waals surface area contributed by atoms with Crippen LogP contribution in [0.2, 0.25) is 0 Å². The molecule has 2 heterocycles. The molecule has 1 aliphatic carbocycles. The highest BCUT2D eigenvalue weighted by atomic mass is 79.9. The Morgan fingerprint density at radius 2 is 2.28 bits per heavy atom. The van der Waals surface area contributed by atoms with Crippen LogP contribution in [0.3, 0.4) is 0 Å². The van der Waals surface area contributed by atoms with Crippen LogP contribution in [0.5, 0.6) is 0 Å². The quantitative estimate of drug-likeness (QED) is 0.857. The molecule has 18 heavy (non-hydrogen) atoms. The van der Waals surface area contributed by atoms with E-state index in [1.165, 1.54) is 18.4 Å². The molecule has 0 aromatic carbocycles.